The molecule has 1 aromatic carbocycles. The first kappa shape index (κ1) is 25.4. The summed E-state index contributed by atoms with van der Waals surface area (Å²) in [6, 6.07) is 11.2. The average Bonchev–Trinajstić information content (AvgIpc) is 3.21. The number of nitrogens with zero attached hydrogens (tertiary/aromatic N) is 3. The van der Waals surface area contributed by atoms with Crippen molar-refractivity contribution in [3.63, 3.8) is 0 Å². The van der Waals surface area contributed by atoms with E-state index in [9.17, 15) is 4.79 Å². The molecule has 6 heteroatoms. The van der Waals surface area contributed by atoms with Crippen LogP contribution < -0.4 is 0 Å². The molecule has 0 aliphatic carbocycles. The van der Waals surface area contributed by atoms with Gasteiger partial charge in [0.05, 0.1) is 18.8 Å². The van der Waals surface area contributed by atoms with Gasteiger partial charge in [0.15, 0.2) is 0 Å². The fourth-order valence-corrected chi connectivity index (χ4v) is 5.41. The van der Waals surface area contributed by atoms with Gasteiger partial charge < -0.3 is 14.6 Å². The van der Waals surface area contributed by atoms with E-state index in [0.717, 1.165) is 43.9 Å². The van der Waals surface area contributed by atoms with Crippen LogP contribution in [-0.4, -0.2) is 72.6 Å². The van der Waals surface area contributed by atoms with E-state index in [2.05, 4.69) is 68.0 Å². The number of benzene rings is 1. The monoisotopic (exact) mass is 476 g/mol. The number of likely N-dealkylation sites (tertiary alicyclic amines) is 1. The number of aromatic amines is 1. The Labute approximate surface area is 209 Å². The second-order valence-corrected chi connectivity index (χ2v) is 10.4. The van der Waals surface area contributed by atoms with Gasteiger partial charge in [-0.2, -0.15) is 0 Å². The lowest BCUT2D eigenvalue weighted by molar-refractivity contribution is -0.133. The number of piperidine rings is 1. The van der Waals surface area contributed by atoms with Crippen LogP contribution >= 0.6 is 0 Å². The van der Waals surface area contributed by atoms with Gasteiger partial charge in [-0.05, 0) is 81.0 Å². The fourth-order valence-electron chi connectivity index (χ4n) is 5.41. The van der Waals surface area contributed by atoms with E-state index in [-0.39, 0.29) is 5.91 Å². The van der Waals surface area contributed by atoms with E-state index in [0.29, 0.717) is 25.0 Å². The number of aromatic nitrogens is 2. The van der Waals surface area contributed by atoms with Gasteiger partial charge in [-0.15, -0.1) is 0 Å². The van der Waals surface area contributed by atoms with Gasteiger partial charge in [-0.3, -0.25) is 14.7 Å². The molecular formula is C29H40N4O2. The number of hydrogen-bond donors (Lipinski definition) is 1. The van der Waals surface area contributed by atoms with Gasteiger partial charge in [0.1, 0.15) is 0 Å². The molecule has 4 rings (SSSR count). The molecule has 1 aliphatic rings. The zero-order valence-electron chi connectivity index (χ0n) is 22.1. The molecule has 3 heterocycles. The minimum Gasteiger partial charge on any atom is -0.383 e. The molecule has 188 valence electrons. The molecule has 0 bridgehead atoms. The van der Waals surface area contributed by atoms with Gasteiger partial charge in [0, 0.05) is 54.6 Å². The summed E-state index contributed by atoms with van der Waals surface area (Å²) in [4.78, 5) is 25.1. The van der Waals surface area contributed by atoms with E-state index in [1.54, 1.807) is 7.11 Å². The van der Waals surface area contributed by atoms with E-state index >= 15 is 0 Å². The smallest absolute Gasteiger partial charge is 0.236 e. The van der Waals surface area contributed by atoms with Crippen LogP contribution in [0.1, 0.15) is 61.0 Å². The van der Waals surface area contributed by atoms with Gasteiger partial charge >= 0.3 is 0 Å². The highest BCUT2D eigenvalue weighted by atomic mass is 16.5. The number of pyridine rings is 1. The number of amides is 1. The minimum absolute atomic E-state index is 0.220. The number of rotatable bonds is 8. The summed E-state index contributed by atoms with van der Waals surface area (Å²) < 4.78 is 5.12. The Morgan fingerprint density at radius 3 is 2.49 bits per heavy atom. The Morgan fingerprint density at radius 1 is 1.17 bits per heavy atom. The van der Waals surface area contributed by atoms with Gasteiger partial charge in [-0.25, -0.2) is 0 Å². The molecule has 0 radical (unpaired) electrons. The maximum atomic E-state index is 12.7. The predicted octanol–water partition coefficient (Wildman–Crippen LogP) is 5.25. The van der Waals surface area contributed by atoms with Crippen molar-refractivity contribution in [2.24, 2.45) is 0 Å². The topological polar surface area (TPSA) is 61.5 Å². The number of hydrogen-bond acceptors (Lipinski definition) is 4. The first-order valence-corrected chi connectivity index (χ1v) is 12.8. The maximum absolute atomic E-state index is 12.7. The highest BCUT2D eigenvalue weighted by Gasteiger charge is 2.25. The Morgan fingerprint density at radius 2 is 1.86 bits per heavy atom. The van der Waals surface area contributed by atoms with Crippen molar-refractivity contribution in [1.29, 1.82) is 0 Å². The molecule has 6 nitrogen and oxygen atoms in total. The van der Waals surface area contributed by atoms with E-state index in [1.165, 1.54) is 33.3 Å². The van der Waals surface area contributed by atoms with Crippen molar-refractivity contribution in [2.75, 3.05) is 46.9 Å². The third kappa shape index (κ3) is 5.76. The Bertz CT molecular complexity index is 1150. The second-order valence-electron chi connectivity index (χ2n) is 10.4. The fraction of sp³-hybridized carbons (Fsp3) is 0.517. The maximum Gasteiger partial charge on any atom is 0.236 e. The highest BCUT2D eigenvalue weighted by molar-refractivity contribution is 5.92. The number of aryl methyl sites for hydroxylation is 2. The van der Waals surface area contributed by atoms with Crippen LogP contribution in [0.5, 0.6) is 0 Å². The van der Waals surface area contributed by atoms with Gasteiger partial charge in [0.25, 0.3) is 0 Å². The Balaban J connectivity index is 1.52. The number of ether oxygens (including phenoxy) is 1. The Hall–Kier alpha value is -2.70. The molecule has 3 aromatic rings. The third-order valence-electron chi connectivity index (χ3n) is 7.21. The molecule has 1 fully saturated rings. The van der Waals surface area contributed by atoms with Crippen LogP contribution in [-0.2, 0) is 9.53 Å². The van der Waals surface area contributed by atoms with Crippen LogP contribution in [0.15, 0.2) is 30.3 Å². The summed E-state index contributed by atoms with van der Waals surface area (Å²) in [5.41, 5.74) is 8.44. The lowest BCUT2D eigenvalue weighted by Crippen LogP contribution is -2.43. The summed E-state index contributed by atoms with van der Waals surface area (Å²) in [7, 11) is 3.67. The van der Waals surface area contributed by atoms with Crippen LogP contribution in [0.2, 0.25) is 0 Å². The Kier molecular flexibility index (Phi) is 7.92. The molecule has 1 aliphatic heterocycles. The van der Waals surface area contributed by atoms with Crippen molar-refractivity contribution < 1.29 is 9.53 Å². The molecule has 0 atom stereocenters. The van der Waals surface area contributed by atoms with Crippen molar-refractivity contribution in [2.45, 2.75) is 52.4 Å². The van der Waals surface area contributed by atoms with Crippen molar-refractivity contribution in [3.05, 3.63) is 52.8 Å². The molecule has 1 saturated heterocycles. The number of methoxy groups -OCH3 is 1. The lowest BCUT2D eigenvalue weighted by Gasteiger charge is -2.33. The molecule has 1 N–H and O–H groups in total. The predicted molar refractivity (Wildman–Crippen MR) is 143 cm³/mol. The molecule has 0 saturated carbocycles. The van der Waals surface area contributed by atoms with Crippen molar-refractivity contribution >= 4 is 16.8 Å². The molecular weight excluding hydrogens is 436 g/mol. The third-order valence-corrected chi connectivity index (χ3v) is 7.21. The lowest BCUT2D eigenvalue weighted by atomic mass is 9.87. The summed E-state index contributed by atoms with van der Waals surface area (Å²) in [5, 5.41) is 1.32. The van der Waals surface area contributed by atoms with Crippen LogP contribution in [0.25, 0.3) is 22.2 Å². The minimum atomic E-state index is 0.220. The summed E-state index contributed by atoms with van der Waals surface area (Å²) in [6.07, 6.45) is 2.02. The number of nitrogens with one attached hydrogen (secondary N) is 1. The molecule has 0 spiro atoms. The van der Waals surface area contributed by atoms with Crippen LogP contribution in [0.4, 0.5) is 0 Å². The molecule has 0 unspecified atom stereocenters. The van der Waals surface area contributed by atoms with E-state index < -0.39 is 0 Å². The normalized spacial score (nSPS) is 15.0. The zero-order chi connectivity index (χ0) is 25.1. The number of carbonyl (C=O) groups is 1. The van der Waals surface area contributed by atoms with Crippen molar-refractivity contribution in [3.8, 4) is 11.3 Å². The SMILES string of the molecule is COCCN(C)CC(=O)N1CCC(c2ccc3[nH]c(-c4cc(C)nc(C)c4)c(C(C)C)c3c2)CC1. The average molecular weight is 477 g/mol. The van der Waals surface area contributed by atoms with Crippen molar-refractivity contribution in [1.82, 2.24) is 19.8 Å². The number of H-pyrrole nitrogens is 1. The van der Waals surface area contributed by atoms with E-state index in [4.69, 9.17) is 4.74 Å². The number of carbonyl (C=O) groups excluding carboxylic acids is 1. The molecule has 35 heavy (non-hydrogen) atoms. The van der Waals surface area contributed by atoms with Gasteiger partial charge in [0.2, 0.25) is 5.91 Å². The molecule has 2 aromatic heterocycles. The number of likely N-dealkylation sites (N-methyl/N-ethyl adjacent to an activating group) is 1. The summed E-state index contributed by atoms with van der Waals surface area (Å²) >= 11 is 0. The number of fused-ring (bicyclic) bond motifs is 1. The van der Waals surface area contributed by atoms with Crippen LogP contribution in [0.3, 0.4) is 0 Å². The summed E-state index contributed by atoms with van der Waals surface area (Å²) in [5.74, 6) is 1.11. The largest absolute Gasteiger partial charge is 0.383 e. The van der Waals surface area contributed by atoms with Gasteiger partial charge in [-0.1, -0.05) is 19.9 Å². The first-order valence-electron chi connectivity index (χ1n) is 12.8. The zero-order valence-corrected chi connectivity index (χ0v) is 22.1. The molecule has 1 amide bonds. The first-order chi connectivity index (χ1) is 16.8. The second kappa shape index (κ2) is 10.9. The summed E-state index contributed by atoms with van der Waals surface area (Å²) in [6.45, 7) is 12.2. The quantitative estimate of drug-likeness (QED) is 0.482. The highest BCUT2D eigenvalue weighted by Crippen LogP contribution is 2.38. The van der Waals surface area contributed by atoms with E-state index in [1.807, 2.05) is 16.8 Å². The van der Waals surface area contributed by atoms with Crippen LogP contribution in [0, 0.1) is 13.8 Å². The standard InChI is InChI=1S/C29H40N4O2/c1-19(2)28-25-17-23(7-8-26(25)31-29(28)24-15-20(3)30-21(4)16-24)22-9-11-33(12-10-22)27(34)18-32(5)13-14-35-6/h7-8,15-17,19,22,31H,9-14,18H2,1-6H3.